The molecule has 12 heavy (non-hydrogen) atoms. The smallest absolute Gasteiger partial charge is 0.0366 e. The third-order valence-corrected chi connectivity index (χ3v) is 2.79. The van der Waals surface area contributed by atoms with E-state index in [-0.39, 0.29) is 0 Å². The average molecular weight is 168 g/mol. The van der Waals surface area contributed by atoms with Crippen molar-refractivity contribution < 1.29 is 0 Å². The minimum Gasteiger partial charge on any atom is -0.310 e. The van der Waals surface area contributed by atoms with Gasteiger partial charge in [-0.2, -0.15) is 5.10 Å². The van der Waals surface area contributed by atoms with Crippen molar-refractivity contribution in [2.24, 2.45) is 28.8 Å². The van der Waals surface area contributed by atoms with Gasteiger partial charge in [0.1, 0.15) is 0 Å². The zero-order valence-corrected chi connectivity index (χ0v) is 8.54. The highest BCUT2D eigenvalue weighted by Crippen LogP contribution is 2.27. The number of nitrogens with one attached hydrogen (secondary N) is 1. The lowest BCUT2D eigenvalue weighted by Gasteiger charge is -2.32. The lowest BCUT2D eigenvalue weighted by molar-refractivity contribution is 0.243. The van der Waals surface area contributed by atoms with Crippen molar-refractivity contribution in [1.82, 2.24) is 5.43 Å². The van der Waals surface area contributed by atoms with Crippen molar-refractivity contribution in [3.8, 4) is 0 Å². The van der Waals surface area contributed by atoms with E-state index in [1.165, 1.54) is 0 Å². The van der Waals surface area contributed by atoms with Crippen LogP contribution in [0.1, 0.15) is 27.7 Å². The molecular weight excluding hydrogens is 148 g/mol. The molecule has 2 heteroatoms. The summed E-state index contributed by atoms with van der Waals surface area (Å²) in [6.07, 6.45) is 2.08. The molecule has 0 amide bonds. The predicted octanol–water partition coefficient (Wildman–Crippen LogP) is 2.12. The number of hydrogen-bond acceptors (Lipinski definition) is 2. The van der Waals surface area contributed by atoms with Crippen LogP contribution in [0.2, 0.25) is 0 Å². The monoisotopic (exact) mass is 168 g/mol. The third kappa shape index (κ3) is 1.99. The van der Waals surface area contributed by atoms with E-state index in [1.54, 1.807) is 0 Å². The van der Waals surface area contributed by atoms with Gasteiger partial charge in [-0.3, -0.25) is 0 Å². The summed E-state index contributed by atoms with van der Waals surface area (Å²) in [6.45, 7) is 10.2. The van der Waals surface area contributed by atoms with Crippen LogP contribution in [-0.2, 0) is 0 Å². The fraction of sp³-hybridized carbons (Fsp3) is 0.900. The second kappa shape index (κ2) is 3.92. The Kier molecular flexibility index (Phi) is 3.12. The molecule has 0 bridgehead atoms. The van der Waals surface area contributed by atoms with Gasteiger partial charge in [-0.05, 0) is 17.8 Å². The van der Waals surface area contributed by atoms with Gasteiger partial charge in [-0.15, -0.1) is 0 Å². The van der Waals surface area contributed by atoms with Crippen LogP contribution < -0.4 is 5.43 Å². The van der Waals surface area contributed by atoms with Gasteiger partial charge in [-0.25, -0.2) is 0 Å². The number of rotatable bonds is 2. The first kappa shape index (κ1) is 9.56. The van der Waals surface area contributed by atoms with Crippen LogP contribution in [0.15, 0.2) is 5.10 Å². The Morgan fingerprint density at radius 3 is 2.33 bits per heavy atom. The second-order valence-electron chi connectivity index (χ2n) is 4.37. The van der Waals surface area contributed by atoms with E-state index in [4.69, 9.17) is 0 Å². The summed E-state index contributed by atoms with van der Waals surface area (Å²) in [5.41, 5.74) is 3.07. The minimum absolute atomic E-state index is 0.659. The Labute approximate surface area is 75.4 Å². The van der Waals surface area contributed by atoms with Crippen LogP contribution in [0.4, 0.5) is 0 Å². The molecule has 0 radical (unpaired) electrons. The molecule has 0 spiro atoms. The first-order chi connectivity index (χ1) is 5.63. The van der Waals surface area contributed by atoms with Gasteiger partial charge in [0.25, 0.3) is 0 Å². The Balaban J connectivity index is 2.65. The maximum Gasteiger partial charge on any atom is 0.0366 e. The van der Waals surface area contributed by atoms with E-state index in [0.29, 0.717) is 11.8 Å². The lowest BCUT2D eigenvalue weighted by Crippen LogP contribution is -2.37. The summed E-state index contributed by atoms with van der Waals surface area (Å²) < 4.78 is 0. The lowest BCUT2D eigenvalue weighted by atomic mass is 9.77. The van der Waals surface area contributed by atoms with Crippen molar-refractivity contribution in [3.05, 3.63) is 0 Å². The van der Waals surface area contributed by atoms with Crippen LogP contribution >= 0.6 is 0 Å². The molecular formula is C10H20N2. The van der Waals surface area contributed by atoms with Crippen LogP contribution in [0, 0.1) is 23.7 Å². The Hall–Kier alpha value is -0.530. The highest BCUT2D eigenvalue weighted by molar-refractivity contribution is 5.62. The summed E-state index contributed by atoms with van der Waals surface area (Å²) >= 11 is 0. The fourth-order valence-electron chi connectivity index (χ4n) is 1.89. The van der Waals surface area contributed by atoms with Crippen molar-refractivity contribution in [3.63, 3.8) is 0 Å². The summed E-state index contributed by atoms with van der Waals surface area (Å²) in [4.78, 5) is 0. The van der Waals surface area contributed by atoms with Gasteiger partial charge in [0, 0.05) is 18.7 Å². The minimum atomic E-state index is 0.659. The Morgan fingerprint density at radius 2 is 1.92 bits per heavy atom. The van der Waals surface area contributed by atoms with E-state index in [9.17, 15) is 0 Å². The van der Waals surface area contributed by atoms with Crippen molar-refractivity contribution in [2.75, 3.05) is 6.54 Å². The predicted molar refractivity (Wildman–Crippen MR) is 53.2 cm³/mol. The molecule has 2 atom stereocenters. The number of nitrogens with zero attached hydrogens (tertiary/aromatic N) is 1. The SMILES string of the molecule is CC(C)C1C=NNCC1C(C)C. The van der Waals surface area contributed by atoms with Crippen LogP contribution in [-0.4, -0.2) is 12.8 Å². The van der Waals surface area contributed by atoms with Gasteiger partial charge in [0.15, 0.2) is 0 Å². The molecule has 0 aliphatic carbocycles. The van der Waals surface area contributed by atoms with E-state index in [2.05, 4.69) is 44.4 Å². The van der Waals surface area contributed by atoms with E-state index < -0.39 is 0 Å². The van der Waals surface area contributed by atoms with Crippen LogP contribution in [0.5, 0.6) is 0 Å². The molecule has 0 aromatic rings. The molecule has 1 heterocycles. The summed E-state index contributed by atoms with van der Waals surface area (Å²) in [6, 6.07) is 0. The topological polar surface area (TPSA) is 24.4 Å². The zero-order chi connectivity index (χ0) is 9.14. The van der Waals surface area contributed by atoms with Gasteiger partial charge < -0.3 is 5.43 Å². The van der Waals surface area contributed by atoms with E-state index in [0.717, 1.165) is 18.4 Å². The normalized spacial score (nSPS) is 29.5. The maximum absolute atomic E-state index is 4.14. The number of hydrogen-bond donors (Lipinski definition) is 1. The maximum atomic E-state index is 4.14. The second-order valence-corrected chi connectivity index (χ2v) is 4.37. The highest BCUT2D eigenvalue weighted by Gasteiger charge is 2.27. The molecule has 1 rings (SSSR count). The van der Waals surface area contributed by atoms with Crippen molar-refractivity contribution in [2.45, 2.75) is 27.7 Å². The molecule has 70 valence electrons. The quantitative estimate of drug-likeness (QED) is 0.671. The van der Waals surface area contributed by atoms with Crippen molar-refractivity contribution >= 4 is 6.21 Å². The molecule has 1 aliphatic rings. The summed E-state index contributed by atoms with van der Waals surface area (Å²) in [7, 11) is 0. The first-order valence-corrected chi connectivity index (χ1v) is 4.89. The van der Waals surface area contributed by atoms with Crippen molar-refractivity contribution in [1.29, 1.82) is 0 Å². The summed E-state index contributed by atoms with van der Waals surface area (Å²) in [5.74, 6) is 2.87. The summed E-state index contributed by atoms with van der Waals surface area (Å²) in [5, 5.41) is 4.14. The third-order valence-electron chi connectivity index (χ3n) is 2.79. The van der Waals surface area contributed by atoms with E-state index >= 15 is 0 Å². The fourth-order valence-corrected chi connectivity index (χ4v) is 1.89. The largest absolute Gasteiger partial charge is 0.310 e. The molecule has 0 aromatic heterocycles. The molecule has 2 nitrogen and oxygen atoms in total. The van der Waals surface area contributed by atoms with Crippen LogP contribution in [0.25, 0.3) is 0 Å². The molecule has 0 aromatic carbocycles. The highest BCUT2D eigenvalue weighted by atomic mass is 15.3. The molecule has 1 N–H and O–H groups in total. The number of hydrazone groups is 1. The molecule has 1 aliphatic heterocycles. The van der Waals surface area contributed by atoms with Crippen LogP contribution in [0.3, 0.4) is 0 Å². The molecule has 2 unspecified atom stereocenters. The van der Waals surface area contributed by atoms with Gasteiger partial charge in [-0.1, -0.05) is 27.7 Å². The average Bonchev–Trinajstić information content (AvgIpc) is 2.04. The first-order valence-electron chi connectivity index (χ1n) is 4.89. The van der Waals surface area contributed by atoms with Gasteiger partial charge in [0.05, 0.1) is 0 Å². The van der Waals surface area contributed by atoms with Gasteiger partial charge in [0.2, 0.25) is 0 Å². The zero-order valence-electron chi connectivity index (χ0n) is 8.54. The Bertz CT molecular complexity index is 161. The van der Waals surface area contributed by atoms with E-state index in [1.807, 2.05) is 0 Å². The standard InChI is InChI=1S/C10H20N2/c1-7(2)9-5-11-12-6-10(9)8(3)4/h5,7-10,12H,6H2,1-4H3. The Morgan fingerprint density at radius 1 is 1.25 bits per heavy atom. The molecule has 0 saturated heterocycles. The van der Waals surface area contributed by atoms with Gasteiger partial charge >= 0.3 is 0 Å². The molecule has 0 saturated carbocycles. The molecule has 0 fully saturated rings.